The molecule has 0 spiro atoms. The Morgan fingerprint density at radius 3 is 2.37 bits per heavy atom. The number of rotatable bonds is 5. The van der Waals surface area contributed by atoms with Crippen LogP contribution in [0.4, 0.5) is 0 Å². The summed E-state index contributed by atoms with van der Waals surface area (Å²) in [5.41, 5.74) is 3.64. The molecule has 1 heterocycles. The first-order chi connectivity index (χ1) is 14.7. The fourth-order valence-corrected chi connectivity index (χ4v) is 3.35. The summed E-state index contributed by atoms with van der Waals surface area (Å²) in [6.45, 7) is 0.360. The third-order valence-electron chi connectivity index (χ3n) is 4.86. The van der Waals surface area contributed by atoms with Crippen LogP contribution in [0, 0.1) is 11.3 Å². The number of nitrogens with zero attached hydrogens (tertiary/aromatic N) is 1. The molecule has 1 atom stereocenters. The van der Waals surface area contributed by atoms with Gasteiger partial charge in [-0.2, -0.15) is 5.26 Å². The lowest BCUT2D eigenvalue weighted by Gasteiger charge is -2.26. The molecule has 1 aliphatic rings. The van der Waals surface area contributed by atoms with E-state index in [9.17, 15) is 10.1 Å². The summed E-state index contributed by atoms with van der Waals surface area (Å²) in [6.07, 6.45) is 3.19. The van der Waals surface area contributed by atoms with Gasteiger partial charge in [0.15, 0.2) is 0 Å². The van der Waals surface area contributed by atoms with E-state index in [-0.39, 0.29) is 5.57 Å². The van der Waals surface area contributed by atoms with Crippen LogP contribution in [0.5, 0.6) is 5.75 Å². The van der Waals surface area contributed by atoms with Gasteiger partial charge in [0.05, 0.1) is 0 Å². The lowest BCUT2D eigenvalue weighted by Crippen LogP contribution is -2.24. The monoisotopic (exact) mass is 392 g/mol. The van der Waals surface area contributed by atoms with Gasteiger partial charge in [0.25, 0.3) is 5.91 Å². The standard InChI is InChI=1S/C26H20N2O2/c27-17-23(26(29)28-18-19-9-3-1-4-10-19)16-22-15-21-13-7-8-14-24(21)30-25(22)20-11-5-2-6-12-20/h1-16,25H,18H2,(H,28,29). The van der Waals surface area contributed by atoms with E-state index < -0.39 is 12.0 Å². The van der Waals surface area contributed by atoms with E-state index in [1.165, 1.54) is 0 Å². The second-order valence-electron chi connectivity index (χ2n) is 6.93. The van der Waals surface area contributed by atoms with Gasteiger partial charge in [0.2, 0.25) is 0 Å². The van der Waals surface area contributed by atoms with E-state index in [2.05, 4.69) is 5.32 Å². The topological polar surface area (TPSA) is 62.1 Å². The molecule has 1 amide bonds. The molecule has 0 fully saturated rings. The van der Waals surface area contributed by atoms with E-state index in [0.717, 1.165) is 28.0 Å². The number of nitrogens with one attached hydrogen (secondary N) is 1. The van der Waals surface area contributed by atoms with Crippen LogP contribution in [0.1, 0.15) is 22.8 Å². The fourth-order valence-electron chi connectivity index (χ4n) is 3.35. The minimum absolute atomic E-state index is 0.0427. The third-order valence-corrected chi connectivity index (χ3v) is 4.86. The van der Waals surface area contributed by atoms with E-state index in [1.807, 2.05) is 97.1 Å². The van der Waals surface area contributed by atoms with Crippen molar-refractivity contribution < 1.29 is 9.53 Å². The lowest BCUT2D eigenvalue weighted by molar-refractivity contribution is -0.117. The highest BCUT2D eigenvalue weighted by Gasteiger charge is 2.24. The first kappa shape index (κ1) is 19.2. The molecular formula is C26H20N2O2. The molecule has 1 aliphatic heterocycles. The lowest BCUT2D eigenvalue weighted by atomic mass is 9.94. The zero-order valence-corrected chi connectivity index (χ0v) is 16.3. The number of carbonyl (C=O) groups excluding carboxylic acids is 1. The van der Waals surface area contributed by atoms with Gasteiger partial charge in [-0.15, -0.1) is 0 Å². The van der Waals surface area contributed by atoms with Gasteiger partial charge < -0.3 is 10.1 Å². The van der Waals surface area contributed by atoms with Crippen LogP contribution in [0.25, 0.3) is 6.08 Å². The summed E-state index contributed by atoms with van der Waals surface area (Å²) in [6, 6.07) is 29.1. The largest absolute Gasteiger partial charge is 0.480 e. The van der Waals surface area contributed by atoms with E-state index in [4.69, 9.17) is 4.74 Å². The van der Waals surface area contributed by atoms with Crippen LogP contribution in [-0.2, 0) is 11.3 Å². The molecule has 0 aliphatic carbocycles. The number of hydrogen-bond acceptors (Lipinski definition) is 3. The number of amides is 1. The van der Waals surface area contributed by atoms with Crippen molar-refractivity contribution in [2.24, 2.45) is 0 Å². The summed E-state index contributed by atoms with van der Waals surface area (Å²) in [7, 11) is 0. The van der Waals surface area contributed by atoms with Gasteiger partial charge in [-0.1, -0.05) is 78.9 Å². The van der Waals surface area contributed by atoms with Crippen molar-refractivity contribution in [1.82, 2.24) is 5.32 Å². The second-order valence-corrected chi connectivity index (χ2v) is 6.93. The second kappa shape index (κ2) is 8.93. The summed E-state index contributed by atoms with van der Waals surface area (Å²) in [4.78, 5) is 12.6. The predicted molar refractivity (Wildman–Crippen MR) is 116 cm³/mol. The molecular weight excluding hydrogens is 372 g/mol. The first-order valence-corrected chi connectivity index (χ1v) is 9.71. The average Bonchev–Trinajstić information content (AvgIpc) is 2.81. The number of benzene rings is 3. The Hall–Kier alpha value is -4.10. The van der Waals surface area contributed by atoms with E-state index in [0.29, 0.717) is 6.54 Å². The molecule has 3 aromatic rings. The van der Waals surface area contributed by atoms with Gasteiger partial charge in [-0.25, -0.2) is 0 Å². The molecule has 4 heteroatoms. The number of hydrogen-bond donors (Lipinski definition) is 1. The minimum atomic E-state index is -0.409. The Morgan fingerprint density at radius 1 is 0.967 bits per heavy atom. The highest BCUT2D eigenvalue weighted by molar-refractivity contribution is 5.98. The van der Waals surface area contributed by atoms with Crippen molar-refractivity contribution in [3.63, 3.8) is 0 Å². The number of carbonyl (C=O) groups is 1. The first-order valence-electron chi connectivity index (χ1n) is 9.71. The van der Waals surface area contributed by atoms with Crippen LogP contribution in [0.2, 0.25) is 0 Å². The van der Waals surface area contributed by atoms with Gasteiger partial charge in [-0.05, 0) is 34.9 Å². The van der Waals surface area contributed by atoms with Crippen molar-refractivity contribution in [3.8, 4) is 11.8 Å². The Morgan fingerprint density at radius 2 is 1.63 bits per heavy atom. The normalized spacial score (nSPS) is 15.2. The van der Waals surface area contributed by atoms with Gasteiger partial charge in [0, 0.05) is 12.1 Å². The molecule has 3 aromatic carbocycles. The number of ether oxygens (including phenoxy) is 1. The van der Waals surface area contributed by atoms with Gasteiger partial charge in [0.1, 0.15) is 23.5 Å². The number of fused-ring (bicyclic) bond motifs is 1. The zero-order chi connectivity index (χ0) is 20.8. The molecule has 0 aromatic heterocycles. The molecule has 4 rings (SSSR count). The van der Waals surface area contributed by atoms with Crippen molar-refractivity contribution in [2.75, 3.05) is 0 Å². The van der Waals surface area contributed by atoms with Crippen LogP contribution >= 0.6 is 0 Å². The highest BCUT2D eigenvalue weighted by Crippen LogP contribution is 2.38. The molecule has 1 N–H and O–H groups in total. The maximum atomic E-state index is 12.6. The molecule has 4 nitrogen and oxygen atoms in total. The van der Waals surface area contributed by atoms with Crippen LogP contribution in [0.3, 0.4) is 0 Å². The SMILES string of the molecule is N#CC(=CC1=Cc2ccccc2OC1c1ccccc1)C(=O)NCc1ccccc1. The summed E-state index contributed by atoms with van der Waals surface area (Å²) in [5, 5.41) is 12.4. The maximum Gasteiger partial charge on any atom is 0.262 e. The number of para-hydroxylation sites is 1. The van der Waals surface area contributed by atoms with Gasteiger partial charge >= 0.3 is 0 Å². The molecule has 146 valence electrons. The van der Waals surface area contributed by atoms with Crippen molar-refractivity contribution in [3.05, 3.63) is 119 Å². The molecule has 30 heavy (non-hydrogen) atoms. The van der Waals surface area contributed by atoms with Crippen molar-refractivity contribution >= 4 is 12.0 Å². The third kappa shape index (κ3) is 4.31. The Bertz CT molecular complexity index is 1140. The Labute approximate surface area is 175 Å². The zero-order valence-electron chi connectivity index (χ0n) is 16.3. The van der Waals surface area contributed by atoms with Crippen molar-refractivity contribution in [2.45, 2.75) is 12.6 Å². The molecule has 0 saturated heterocycles. The smallest absolute Gasteiger partial charge is 0.262 e. The van der Waals surface area contributed by atoms with E-state index in [1.54, 1.807) is 6.08 Å². The minimum Gasteiger partial charge on any atom is -0.480 e. The molecule has 0 saturated carbocycles. The molecule has 1 unspecified atom stereocenters. The van der Waals surface area contributed by atoms with Crippen LogP contribution in [0.15, 0.2) is 102 Å². The van der Waals surface area contributed by atoms with Gasteiger partial charge in [-0.3, -0.25) is 4.79 Å². The van der Waals surface area contributed by atoms with Crippen molar-refractivity contribution in [1.29, 1.82) is 5.26 Å². The fraction of sp³-hybridized carbons (Fsp3) is 0.0769. The molecule has 0 radical (unpaired) electrons. The Balaban J connectivity index is 1.64. The summed E-state index contributed by atoms with van der Waals surface area (Å²) < 4.78 is 6.23. The highest BCUT2D eigenvalue weighted by atomic mass is 16.5. The molecule has 0 bridgehead atoms. The predicted octanol–water partition coefficient (Wildman–Crippen LogP) is 4.97. The summed E-state index contributed by atoms with van der Waals surface area (Å²) >= 11 is 0. The number of nitriles is 1. The van der Waals surface area contributed by atoms with Crippen LogP contribution in [-0.4, -0.2) is 5.91 Å². The maximum absolute atomic E-state index is 12.6. The Kier molecular flexibility index (Phi) is 5.73. The van der Waals surface area contributed by atoms with E-state index >= 15 is 0 Å². The summed E-state index contributed by atoms with van der Waals surface area (Å²) in [5.74, 6) is 0.364. The quantitative estimate of drug-likeness (QED) is 0.493. The average molecular weight is 392 g/mol. The van der Waals surface area contributed by atoms with Crippen LogP contribution < -0.4 is 10.1 Å².